The third-order valence-corrected chi connectivity index (χ3v) is 3.00. The summed E-state index contributed by atoms with van der Waals surface area (Å²) in [6.07, 6.45) is 3.49. The van der Waals surface area contributed by atoms with E-state index < -0.39 is 5.97 Å². The highest BCUT2D eigenvalue weighted by Crippen LogP contribution is 2.28. The van der Waals surface area contributed by atoms with Gasteiger partial charge < -0.3 is 14.8 Å². The van der Waals surface area contributed by atoms with E-state index in [0.717, 1.165) is 18.7 Å². The van der Waals surface area contributed by atoms with Crippen molar-refractivity contribution in [3.05, 3.63) is 17.7 Å². The van der Waals surface area contributed by atoms with Crippen molar-refractivity contribution in [1.29, 1.82) is 0 Å². The van der Waals surface area contributed by atoms with Crippen LogP contribution >= 0.6 is 0 Å². The van der Waals surface area contributed by atoms with E-state index in [0.29, 0.717) is 11.6 Å². The van der Waals surface area contributed by atoms with Crippen LogP contribution in [0.4, 0.5) is 0 Å². The Bertz CT molecular complexity index is 400. The average molecular weight is 224 g/mol. The number of carboxylic acids is 1. The number of aliphatic hydroxyl groups is 1. The molecule has 0 radical (unpaired) electrons. The Morgan fingerprint density at radius 1 is 1.69 bits per heavy atom. The molecule has 1 aromatic rings. The molecule has 1 aromatic heterocycles. The molecule has 2 unspecified atom stereocenters. The van der Waals surface area contributed by atoms with Crippen LogP contribution in [0.25, 0.3) is 0 Å². The summed E-state index contributed by atoms with van der Waals surface area (Å²) >= 11 is 0. The van der Waals surface area contributed by atoms with Crippen LogP contribution in [0.3, 0.4) is 0 Å². The first-order valence-electron chi connectivity index (χ1n) is 5.49. The summed E-state index contributed by atoms with van der Waals surface area (Å²) in [6.45, 7) is 2.21. The van der Waals surface area contributed by atoms with Crippen molar-refractivity contribution in [3.63, 3.8) is 0 Å². The average Bonchev–Trinajstić information content (AvgIpc) is 2.57. The number of aliphatic carboxylic acids is 1. The Balaban J connectivity index is 2.27. The minimum absolute atomic E-state index is 0.0491. The number of carbonyl (C=O) groups is 1. The Kier molecular flexibility index (Phi) is 2.96. The maximum absolute atomic E-state index is 10.6. The van der Waals surface area contributed by atoms with Gasteiger partial charge in [-0.2, -0.15) is 0 Å². The van der Waals surface area contributed by atoms with E-state index in [4.69, 9.17) is 5.11 Å². The second-order valence-electron chi connectivity index (χ2n) is 4.51. The summed E-state index contributed by atoms with van der Waals surface area (Å²) in [5.41, 5.74) is 0.579. The molecule has 0 aliphatic carbocycles. The lowest BCUT2D eigenvalue weighted by atomic mass is 9.94. The van der Waals surface area contributed by atoms with Gasteiger partial charge in [-0.25, -0.2) is 4.98 Å². The quantitative estimate of drug-likeness (QED) is 0.789. The van der Waals surface area contributed by atoms with Crippen molar-refractivity contribution in [2.75, 3.05) is 6.61 Å². The maximum Gasteiger partial charge on any atom is 0.309 e. The number of aliphatic hydroxyl groups excluding tert-OH is 1. The van der Waals surface area contributed by atoms with Gasteiger partial charge >= 0.3 is 5.97 Å². The van der Waals surface area contributed by atoms with Crippen molar-refractivity contribution in [2.45, 2.75) is 32.2 Å². The number of rotatable bonds is 3. The fourth-order valence-corrected chi connectivity index (χ4v) is 2.33. The van der Waals surface area contributed by atoms with E-state index in [1.807, 2.05) is 4.57 Å². The monoisotopic (exact) mass is 224 g/mol. The van der Waals surface area contributed by atoms with E-state index in [1.54, 1.807) is 6.20 Å². The molecule has 5 heteroatoms. The van der Waals surface area contributed by atoms with Crippen LogP contribution in [0.15, 0.2) is 6.20 Å². The van der Waals surface area contributed by atoms with Gasteiger partial charge in [-0.05, 0) is 12.3 Å². The predicted octanol–water partition coefficient (Wildman–Crippen LogP) is 0.626. The third kappa shape index (κ3) is 2.09. The van der Waals surface area contributed by atoms with Gasteiger partial charge in [0.2, 0.25) is 0 Å². The standard InChI is InChI=1S/C11H16N2O3/c1-7-2-9(6-14)13-5-8(4-11(15)16)12-10(13)3-7/h5,7,9,14H,2-4,6H2,1H3,(H,15,16). The van der Waals surface area contributed by atoms with Gasteiger partial charge in [0.15, 0.2) is 0 Å². The maximum atomic E-state index is 10.6. The fourth-order valence-electron chi connectivity index (χ4n) is 2.33. The van der Waals surface area contributed by atoms with Crippen molar-refractivity contribution < 1.29 is 15.0 Å². The van der Waals surface area contributed by atoms with Gasteiger partial charge in [0, 0.05) is 12.6 Å². The third-order valence-electron chi connectivity index (χ3n) is 3.00. The van der Waals surface area contributed by atoms with E-state index in [1.165, 1.54) is 0 Å². The second-order valence-corrected chi connectivity index (χ2v) is 4.51. The summed E-state index contributed by atoms with van der Waals surface area (Å²) in [4.78, 5) is 14.9. The highest BCUT2D eigenvalue weighted by atomic mass is 16.4. The smallest absolute Gasteiger partial charge is 0.309 e. The number of fused-ring (bicyclic) bond motifs is 1. The van der Waals surface area contributed by atoms with Crippen molar-refractivity contribution in [3.8, 4) is 0 Å². The fraction of sp³-hybridized carbons (Fsp3) is 0.636. The second kappa shape index (κ2) is 4.25. The molecule has 88 valence electrons. The first-order valence-corrected chi connectivity index (χ1v) is 5.49. The Morgan fingerprint density at radius 2 is 2.44 bits per heavy atom. The summed E-state index contributed by atoms with van der Waals surface area (Å²) in [5, 5.41) is 18.0. The highest BCUT2D eigenvalue weighted by molar-refractivity contribution is 5.69. The molecule has 2 heterocycles. The first-order chi connectivity index (χ1) is 7.60. The number of hydrogen-bond acceptors (Lipinski definition) is 3. The van der Waals surface area contributed by atoms with Crippen LogP contribution in [0.1, 0.15) is 30.9 Å². The molecular formula is C11H16N2O3. The summed E-state index contributed by atoms with van der Waals surface area (Å²) in [7, 11) is 0. The predicted molar refractivity (Wildman–Crippen MR) is 57.2 cm³/mol. The summed E-state index contributed by atoms with van der Waals surface area (Å²) in [6, 6.07) is 0.0498. The van der Waals surface area contributed by atoms with Crippen LogP contribution in [-0.4, -0.2) is 32.3 Å². The van der Waals surface area contributed by atoms with Gasteiger partial charge in [-0.15, -0.1) is 0 Å². The molecule has 0 fully saturated rings. The van der Waals surface area contributed by atoms with E-state index in [9.17, 15) is 9.90 Å². The molecule has 2 rings (SSSR count). The van der Waals surface area contributed by atoms with Gasteiger partial charge in [0.05, 0.1) is 24.8 Å². The molecule has 0 bridgehead atoms. The first kappa shape index (κ1) is 11.1. The lowest BCUT2D eigenvalue weighted by Gasteiger charge is -2.27. The van der Waals surface area contributed by atoms with Crippen molar-refractivity contribution >= 4 is 5.97 Å². The van der Waals surface area contributed by atoms with Gasteiger partial charge in [0.25, 0.3) is 0 Å². The van der Waals surface area contributed by atoms with Gasteiger partial charge in [0.1, 0.15) is 5.82 Å². The molecule has 16 heavy (non-hydrogen) atoms. The topological polar surface area (TPSA) is 75.3 Å². The number of imidazole rings is 1. The molecular weight excluding hydrogens is 208 g/mol. The number of carboxylic acid groups (broad SMARTS) is 1. The van der Waals surface area contributed by atoms with Crippen LogP contribution in [0.2, 0.25) is 0 Å². The SMILES string of the molecule is CC1Cc2nc(CC(=O)O)cn2C(CO)C1. The number of nitrogens with zero attached hydrogens (tertiary/aromatic N) is 2. The zero-order chi connectivity index (χ0) is 11.7. The molecule has 1 aliphatic heterocycles. The molecule has 0 saturated heterocycles. The molecule has 5 nitrogen and oxygen atoms in total. The summed E-state index contributed by atoms with van der Waals surface area (Å²) < 4.78 is 1.93. The van der Waals surface area contributed by atoms with Crippen LogP contribution in [0.5, 0.6) is 0 Å². The largest absolute Gasteiger partial charge is 0.481 e. The molecule has 2 atom stereocenters. The van der Waals surface area contributed by atoms with E-state index >= 15 is 0 Å². The van der Waals surface area contributed by atoms with Crippen LogP contribution < -0.4 is 0 Å². The minimum Gasteiger partial charge on any atom is -0.481 e. The van der Waals surface area contributed by atoms with Crippen LogP contribution in [-0.2, 0) is 17.6 Å². The Labute approximate surface area is 93.7 Å². The zero-order valence-corrected chi connectivity index (χ0v) is 9.26. The zero-order valence-electron chi connectivity index (χ0n) is 9.26. The van der Waals surface area contributed by atoms with Crippen molar-refractivity contribution in [1.82, 2.24) is 9.55 Å². The summed E-state index contributed by atoms with van der Waals surface area (Å²) in [5.74, 6) is 0.517. The minimum atomic E-state index is -0.871. The van der Waals surface area contributed by atoms with Crippen LogP contribution in [0, 0.1) is 5.92 Å². The van der Waals surface area contributed by atoms with E-state index in [-0.39, 0.29) is 19.1 Å². The lowest BCUT2D eigenvalue weighted by molar-refractivity contribution is -0.136. The molecule has 1 aliphatic rings. The molecule has 2 N–H and O–H groups in total. The van der Waals surface area contributed by atoms with Gasteiger partial charge in [-0.1, -0.05) is 6.92 Å². The molecule has 0 saturated carbocycles. The van der Waals surface area contributed by atoms with E-state index in [2.05, 4.69) is 11.9 Å². The Morgan fingerprint density at radius 3 is 3.06 bits per heavy atom. The number of hydrogen-bond donors (Lipinski definition) is 2. The molecule has 0 aromatic carbocycles. The number of aromatic nitrogens is 2. The lowest BCUT2D eigenvalue weighted by Crippen LogP contribution is -2.25. The highest BCUT2D eigenvalue weighted by Gasteiger charge is 2.25. The molecule has 0 spiro atoms. The molecule has 0 amide bonds. The van der Waals surface area contributed by atoms with Gasteiger partial charge in [-0.3, -0.25) is 4.79 Å². The normalized spacial score (nSPS) is 24.1. The van der Waals surface area contributed by atoms with Crippen molar-refractivity contribution in [2.24, 2.45) is 5.92 Å². The Hall–Kier alpha value is -1.36.